The Kier molecular flexibility index (Phi) is 6.58. The van der Waals surface area contributed by atoms with E-state index in [9.17, 15) is 14.4 Å². The molecule has 3 aromatic rings. The molecule has 1 N–H and O–H groups in total. The van der Waals surface area contributed by atoms with Crippen molar-refractivity contribution in [1.29, 1.82) is 0 Å². The van der Waals surface area contributed by atoms with Crippen molar-refractivity contribution >= 4 is 27.5 Å². The number of fused-ring (bicyclic) bond motifs is 1. The lowest BCUT2D eigenvalue weighted by Crippen LogP contribution is -2.39. The number of hydrogen-bond acceptors (Lipinski definition) is 6. The van der Waals surface area contributed by atoms with Gasteiger partial charge in [0.25, 0.3) is 11.5 Å². The van der Waals surface area contributed by atoms with Crippen LogP contribution in [0.25, 0.3) is 10.2 Å². The van der Waals surface area contributed by atoms with Gasteiger partial charge in [0.1, 0.15) is 4.83 Å². The summed E-state index contributed by atoms with van der Waals surface area (Å²) < 4.78 is 2.74. The van der Waals surface area contributed by atoms with Gasteiger partial charge in [-0.2, -0.15) is 5.10 Å². The third-order valence-corrected chi connectivity index (χ3v) is 7.26. The van der Waals surface area contributed by atoms with Gasteiger partial charge in [0.05, 0.1) is 29.8 Å². The predicted molar refractivity (Wildman–Crippen MR) is 128 cm³/mol. The van der Waals surface area contributed by atoms with Crippen molar-refractivity contribution in [3.05, 3.63) is 48.2 Å². The lowest BCUT2D eigenvalue weighted by Gasteiger charge is -2.15. The van der Waals surface area contributed by atoms with Crippen molar-refractivity contribution in [2.75, 3.05) is 13.2 Å². The maximum atomic E-state index is 13.6. The maximum Gasteiger partial charge on any atom is 0.331 e. The van der Waals surface area contributed by atoms with Crippen LogP contribution in [-0.2, 0) is 37.7 Å². The number of aromatic nitrogens is 4. The minimum atomic E-state index is -0.446. The molecule has 10 heteroatoms. The summed E-state index contributed by atoms with van der Waals surface area (Å²) in [6.07, 6.45) is 2.76. The van der Waals surface area contributed by atoms with E-state index in [0.29, 0.717) is 41.9 Å². The number of aryl methyl sites for hydroxylation is 2. The number of carbonyl (C=O) groups excluding carboxylic acids is 1. The molecule has 0 aliphatic carbocycles. The normalized spacial score (nSPS) is 14.2. The molecule has 1 aliphatic rings. The largest absolute Gasteiger partial charge is 0.331 e. The molecule has 1 amide bonds. The molecule has 1 saturated heterocycles. The van der Waals surface area contributed by atoms with Crippen molar-refractivity contribution in [2.45, 2.75) is 59.9 Å². The average molecular weight is 474 g/mol. The molecule has 4 rings (SSSR count). The average Bonchev–Trinajstić information content (AvgIpc) is 3.53. The summed E-state index contributed by atoms with van der Waals surface area (Å²) >= 11 is 1.36. The zero-order chi connectivity index (χ0) is 23.9. The van der Waals surface area contributed by atoms with Gasteiger partial charge >= 0.3 is 5.69 Å². The van der Waals surface area contributed by atoms with Crippen molar-refractivity contribution in [3.63, 3.8) is 0 Å². The van der Waals surface area contributed by atoms with E-state index >= 15 is 0 Å². The first kappa shape index (κ1) is 23.4. The number of aromatic amines is 1. The number of nitrogens with zero attached hydrogens (tertiary/aromatic N) is 4. The fourth-order valence-electron chi connectivity index (χ4n) is 4.38. The second-order valence-electron chi connectivity index (χ2n) is 8.84. The highest BCUT2D eigenvalue weighted by atomic mass is 32.1. The Morgan fingerprint density at radius 1 is 1.24 bits per heavy atom. The van der Waals surface area contributed by atoms with Crippen LogP contribution in [0.4, 0.5) is 0 Å². The molecule has 178 valence electrons. The number of hydroxylamine groups is 2. The van der Waals surface area contributed by atoms with E-state index in [2.05, 4.69) is 17.1 Å². The fourth-order valence-corrected chi connectivity index (χ4v) is 5.68. The number of rotatable bonds is 7. The summed E-state index contributed by atoms with van der Waals surface area (Å²) in [7, 11) is 1.47. The van der Waals surface area contributed by atoms with E-state index in [4.69, 9.17) is 4.84 Å². The van der Waals surface area contributed by atoms with E-state index in [-0.39, 0.29) is 17.5 Å². The molecule has 1 aliphatic heterocycles. The Hall–Kier alpha value is -2.72. The minimum Gasteiger partial charge on any atom is -0.284 e. The number of amides is 1. The lowest BCUT2D eigenvalue weighted by atomic mass is 10.0. The molecule has 0 bridgehead atoms. The third kappa shape index (κ3) is 4.06. The molecule has 1 fully saturated rings. The fraction of sp³-hybridized carbons (Fsp3) is 0.565. The molecule has 0 atom stereocenters. The Morgan fingerprint density at radius 2 is 2.00 bits per heavy atom. The second kappa shape index (κ2) is 9.26. The second-order valence-corrected chi connectivity index (χ2v) is 9.92. The molecule has 33 heavy (non-hydrogen) atoms. The first-order chi connectivity index (χ1) is 15.8. The molecule has 9 nitrogen and oxygen atoms in total. The van der Waals surface area contributed by atoms with Gasteiger partial charge in [0.2, 0.25) is 0 Å². The van der Waals surface area contributed by atoms with Crippen molar-refractivity contribution in [2.24, 2.45) is 13.0 Å². The Labute approximate surface area is 195 Å². The maximum absolute atomic E-state index is 13.6. The van der Waals surface area contributed by atoms with Gasteiger partial charge in [-0.15, -0.1) is 11.3 Å². The number of carbonyl (C=O) groups is 1. The highest BCUT2D eigenvalue weighted by Crippen LogP contribution is 2.33. The summed E-state index contributed by atoms with van der Waals surface area (Å²) in [6, 6.07) is 0. The Balaban J connectivity index is 2.01. The summed E-state index contributed by atoms with van der Waals surface area (Å²) in [4.78, 5) is 46.8. The van der Waals surface area contributed by atoms with E-state index in [1.165, 1.54) is 23.4 Å². The number of thiophene rings is 1. The molecule has 0 saturated carbocycles. The quantitative estimate of drug-likeness (QED) is 0.568. The van der Waals surface area contributed by atoms with Crippen LogP contribution in [0.1, 0.15) is 66.3 Å². The molecule has 0 unspecified atom stereocenters. The van der Waals surface area contributed by atoms with Crippen LogP contribution < -0.4 is 11.2 Å². The van der Waals surface area contributed by atoms with Gasteiger partial charge in [-0.25, -0.2) is 9.86 Å². The van der Waals surface area contributed by atoms with Crippen molar-refractivity contribution in [1.82, 2.24) is 24.4 Å². The summed E-state index contributed by atoms with van der Waals surface area (Å²) in [6.45, 7) is 9.56. The Bertz CT molecular complexity index is 1290. The highest BCUT2D eigenvalue weighted by molar-refractivity contribution is 7.19. The molecule has 0 spiro atoms. The van der Waals surface area contributed by atoms with E-state index in [0.717, 1.165) is 45.7 Å². The predicted octanol–water partition coefficient (Wildman–Crippen LogP) is 2.63. The summed E-state index contributed by atoms with van der Waals surface area (Å²) in [5.74, 6) is -0.123. The van der Waals surface area contributed by atoms with Gasteiger partial charge in [-0.05, 0) is 25.2 Å². The van der Waals surface area contributed by atoms with Gasteiger partial charge in [0, 0.05) is 36.1 Å². The van der Waals surface area contributed by atoms with Crippen LogP contribution in [0, 0.1) is 5.92 Å². The van der Waals surface area contributed by atoms with Crippen LogP contribution in [0.15, 0.2) is 9.59 Å². The van der Waals surface area contributed by atoms with Gasteiger partial charge < -0.3 is 0 Å². The van der Waals surface area contributed by atoms with Gasteiger partial charge in [0.15, 0.2) is 0 Å². The Morgan fingerprint density at radius 3 is 2.61 bits per heavy atom. The topological polar surface area (TPSA) is 102 Å². The van der Waals surface area contributed by atoms with E-state index in [1.807, 2.05) is 20.8 Å². The highest BCUT2D eigenvalue weighted by Gasteiger charge is 2.31. The van der Waals surface area contributed by atoms with Crippen molar-refractivity contribution in [3.8, 4) is 0 Å². The monoisotopic (exact) mass is 473 g/mol. The lowest BCUT2D eigenvalue weighted by molar-refractivity contribution is -0.0767. The van der Waals surface area contributed by atoms with E-state index < -0.39 is 5.56 Å². The van der Waals surface area contributed by atoms with Gasteiger partial charge in [-0.3, -0.25) is 28.7 Å². The molecule has 0 aromatic carbocycles. The standard InChI is InChI=1S/C23H31N5O4S/c1-6-15-14(16(7-2)25-24-15)11-17-18(21(30)28-9-8-10-32-28)19-20(29)26(5)23(31)27(12-13(3)4)22(19)33-17/h13H,6-12H2,1-5H3,(H,24,25). The molecular weight excluding hydrogens is 442 g/mol. The molecule has 0 radical (unpaired) electrons. The van der Waals surface area contributed by atoms with Crippen LogP contribution >= 0.6 is 11.3 Å². The number of nitrogens with one attached hydrogen (secondary N) is 1. The number of H-pyrrole nitrogens is 1. The van der Waals surface area contributed by atoms with Crippen LogP contribution in [-0.4, -0.2) is 43.5 Å². The summed E-state index contributed by atoms with van der Waals surface area (Å²) in [5.41, 5.74) is 2.56. The zero-order valence-corrected chi connectivity index (χ0v) is 20.7. The van der Waals surface area contributed by atoms with Crippen LogP contribution in [0.5, 0.6) is 0 Å². The van der Waals surface area contributed by atoms with Crippen LogP contribution in [0.2, 0.25) is 0 Å². The number of hydrogen-bond donors (Lipinski definition) is 1. The SMILES string of the molecule is CCc1n[nH]c(CC)c1Cc1sc2c(c1C(=O)N1CCCO1)c(=O)n(C)c(=O)n2CC(C)C. The van der Waals surface area contributed by atoms with Crippen molar-refractivity contribution < 1.29 is 9.63 Å². The van der Waals surface area contributed by atoms with Gasteiger partial charge in [-0.1, -0.05) is 27.7 Å². The molecular formula is C23H31N5O4S. The first-order valence-corrected chi connectivity index (χ1v) is 12.3. The zero-order valence-electron chi connectivity index (χ0n) is 19.9. The van der Waals surface area contributed by atoms with Crippen LogP contribution in [0.3, 0.4) is 0 Å². The smallest absolute Gasteiger partial charge is 0.284 e. The molecule has 3 aromatic heterocycles. The first-order valence-electron chi connectivity index (χ1n) is 11.5. The minimum absolute atomic E-state index is 0.197. The van der Waals surface area contributed by atoms with E-state index in [1.54, 1.807) is 4.57 Å². The summed E-state index contributed by atoms with van der Waals surface area (Å²) in [5, 5.41) is 9.21. The molecule has 4 heterocycles. The third-order valence-electron chi connectivity index (χ3n) is 6.05.